The quantitative estimate of drug-likeness (QED) is 0.715. The fraction of sp³-hybridized carbons (Fsp3) is 0.318. The molecule has 1 aliphatic heterocycles. The number of carbonyl (C=O) groups is 1. The van der Waals surface area contributed by atoms with Crippen molar-refractivity contribution >= 4 is 23.4 Å². The molecule has 0 bridgehead atoms. The number of hydrogen-bond donors (Lipinski definition) is 2. The Morgan fingerprint density at radius 2 is 1.86 bits per heavy atom. The molecule has 3 N–H and O–H groups in total. The minimum Gasteiger partial charge on any atom is -0.456 e. The van der Waals surface area contributed by atoms with Gasteiger partial charge in [-0.3, -0.25) is 4.90 Å². The highest BCUT2D eigenvalue weighted by molar-refractivity contribution is 6.30. The topological polar surface area (TPSA) is 76.8 Å². The van der Waals surface area contributed by atoms with E-state index in [2.05, 4.69) is 5.32 Å². The summed E-state index contributed by atoms with van der Waals surface area (Å²) < 4.78 is 11.3. The highest BCUT2D eigenvalue weighted by atomic mass is 35.5. The first-order valence-electron chi connectivity index (χ1n) is 9.37. The number of carbonyl (C=O) groups excluding carboxylic acids is 1. The van der Waals surface area contributed by atoms with E-state index < -0.39 is 11.7 Å². The molecule has 0 aliphatic carbocycles. The number of nitrogens with two attached hydrogens (primary N) is 1. The molecule has 6 nitrogen and oxygen atoms in total. The number of amides is 1. The van der Waals surface area contributed by atoms with Crippen molar-refractivity contribution in [2.24, 2.45) is 5.73 Å². The van der Waals surface area contributed by atoms with Crippen molar-refractivity contribution in [3.63, 3.8) is 0 Å². The largest absolute Gasteiger partial charge is 0.456 e. The summed E-state index contributed by atoms with van der Waals surface area (Å²) in [6.07, 6.45) is -0.394. The maximum absolute atomic E-state index is 12.8. The van der Waals surface area contributed by atoms with E-state index in [9.17, 15) is 4.79 Å². The van der Waals surface area contributed by atoms with Crippen molar-refractivity contribution < 1.29 is 14.3 Å². The van der Waals surface area contributed by atoms with Crippen molar-refractivity contribution in [3.8, 4) is 5.75 Å². The molecule has 2 aromatic carbocycles. The molecule has 0 saturated carbocycles. The SMILES string of the molecule is CC1=C(N)Nc2cc(CN(Cc3cccc(Cl)c3)C(=O)OC(C)(C)C)ccc2O1. The van der Waals surface area contributed by atoms with Gasteiger partial charge in [0.05, 0.1) is 5.69 Å². The Kier molecular flexibility index (Phi) is 5.94. The van der Waals surface area contributed by atoms with Crippen LogP contribution in [0.4, 0.5) is 10.5 Å². The van der Waals surface area contributed by atoms with Crippen LogP contribution in [0.15, 0.2) is 54.0 Å². The molecule has 7 heteroatoms. The average Bonchev–Trinajstić information content (AvgIpc) is 2.61. The van der Waals surface area contributed by atoms with Gasteiger partial charge < -0.3 is 20.5 Å². The van der Waals surface area contributed by atoms with Crippen molar-refractivity contribution in [1.82, 2.24) is 4.90 Å². The third-order valence-corrected chi connectivity index (χ3v) is 4.48. The normalized spacial score (nSPS) is 13.3. The molecule has 0 aromatic heterocycles. The molecule has 0 unspecified atom stereocenters. The van der Waals surface area contributed by atoms with Gasteiger partial charge in [-0.25, -0.2) is 4.79 Å². The molecule has 154 valence electrons. The van der Waals surface area contributed by atoms with Crippen LogP contribution in [0.1, 0.15) is 38.8 Å². The Balaban J connectivity index is 1.83. The molecule has 0 spiro atoms. The number of ether oxygens (including phenoxy) is 2. The van der Waals surface area contributed by atoms with Gasteiger partial charge in [-0.15, -0.1) is 0 Å². The molecule has 0 saturated heterocycles. The smallest absolute Gasteiger partial charge is 0.410 e. The van der Waals surface area contributed by atoms with E-state index in [0.29, 0.717) is 35.4 Å². The zero-order chi connectivity index (χ0) is 21.2. The number of nitrogens with zero attached hydrogens (tertiary/aromatic N) is 1. The maximum atomic E-state index is 12.8. The first kappa shape index (κ1) is 20.9. The molecular formula is C22H26ClN3O3. The van der Waals surface area contributed by atoms with Crippen LogP contribution < -0.4 is 15.8 Å². The van der Waals surface area contributed by atoms with Gasteiger partial charge in [0.25, 0.3) is 0 Å². The minimum atomic E-state index is -0.592. The lowest BCUT2D eigenvalue weighted by molar-refractivity contribution is 0.0216. The first-order chi connectivity index (χ1) is 13.6. The van der Waals surface area contributed by atoms with Crippen LogP contribution in [-0.2, 0) is 17.8 Å². The van der Waals surface area contributed by atoms with Crippen LogP contribution in [0.2, 0.25) is 5.02 Å². The second-order valence-electron chi connectivity index (χ2n) is 7.99. The summed E-state index contributed by atoms with van der Waals surface area (Å²) in [4.78, 5) is 14.5. The average molecular weight is 416 g/mol. The van der Waals surface area contributed by atoms with Gasteiger partial charge in [0, 0.05) is 18.1 Å². The third kappa shape index (κ3) is 5.57. The van der Waals surface area contributed by atoms with E-state index >= 15 is 0 Å². The molecule has 3 rings (SSSR count). The molecule has 0 fully saturated rings. The molecule has 1 aliphatic rings. The highest BCUT2D eigenvalue weighted by Crippen LogP contribution is 2.32. The first-order valence-corrected chi connectivity index (χ1v) is 9.75. The summed E-state index contributed by atoms with van der Waals surface area (Å²) >= 11 is 6.11. The Morgan fingerprint density at radius 1 is 1.17 bits per heavy atom. The zero-order valence-corrected chi connectivity index (χ0v) is 17.8. The van der Waals surface area contributed by atoms with E-state index in [1.54, 1.807) is 17.9 Å². The summed E-state index contributed by atoms with van der Waals surface area (Å²) in [5.41, 5.74) is 7.93. The Labute approximate surface area is 176 Å². The molecule has 29 heavy (non-hydrogen) atoms. The fourth-order valence-corrected chi connectivity index (χ4v) is 3.12. The zero-order valence-electron chi connectivity index (χ0n) is 17.1. The van der Waals surface area contributed by atoms with Crippen LogP contribution in [-0.4, -0.2) is 16.6 Å². The second kappa shape index (κ2) is 8.25. The summed E-state index contributed by atoms with van der Waals surface area (Å²) in [5.74, 6) is 1.79. The van der Waals surface area contributed by atoms with Crippen LogP contribution in [0.25, 0.3) is 0 Å². The molecule has 2 aromatic rings. The molecule has 1 amide bonds. The number of nitrogens with one attached hydrogen (secondary N) is 1. The van der Waals surface area contributed by atoms with Crippen molar-refractivity contribution in [1.29, 1.82) is 0 Å². The number of anilines is 1. The predicted molar refractivity (Wildman–Crippen MR) is 115 cm³/mol. The molecule has 1 heterocycles. The van der Waals surface area contributed by atoms with E-state index in [1.807, 2.05) is 57.2 Å². The van der Waals surface area contributed by atoms with Crippen LogP contribution in [0, 0.1) is 0 Å². The Bertz CT molecular complexity index is 951. The lowest BCUT2D eigenvalue weighted by Crippen LogP contribution is -2.36. The van der Waals surface area contributed by atoms with Gasteiger partial charge >= 0.3 is 6.09 Å². The van der Waals surface area contributed by atoms with Crippen molar-refractivity contribution in [2.45, 2.75) is 46.4 Å². The van der Waals surface area contributed by atoms with Crippen molar-refractivity contribution in [2.75, 3.05) is 5.32 Å². The summed E-state index contributed by atoms with van der Waals surface area (Å²) in [5, 5.41) is 3.75. The number of hydrogen-bond acceptors (Lipinski definition) is 5. The number of halogens is 1. The van der Waals surface area contributed by atoms with E-state index in [0.717, 1.165) is 16.8 Å². The number of fused-ring (bicyclic) bond motifs is 1. The van der Waals surface area contributed by atoms with Crippen LogP contribution in [0.3, 0.4) is 0 Å². The van der Waals surface area contributed by atoms with Gasteiger partial charge in [-0.05, 0) is 63.1 Å². The van der Waals surface area contributed by atoms with E-state index in [-0.39, 0.29) is 0 Å². The van der Waals surface area contributed by atoms with Crippen molar-refractivity contribution in [3.05, 3.63) is 70.2 Å². The number of benzene rings is 2. The summed E-state index contributed by atoms with van der Waals surface area (Å²) in [6.45, 7) is 8.07. The van der Waals surface area contributed by atoms with E-state index in [1.165, 1.54) is 0 Å². The standard InChI is InChI=1S/C22H26ClN3O3/c1-14-20(24)25-18-11-16(8-9-19(18)28-14)13-26(21(27)29-22(2,3)4)12-15-6-5-7-17(23)10-15/h5-11,25H,12-13,24H2,1-4H3. The predicted octanol–water partition coefficient (Wildman–Crippen LogP) is 5.23. The number of allylic oxidation sites excluding steroid dienone is 1. The van der Waals surface area contributed by atoms with Gasteiger partial charge in [0.1, 0.15) is 17.2 Å². The fourth-order valence-electron chi connectivity index (χ4n) is 2.90. The maximum Gasteiger partial charge on any atom is 0.410 e. The minimum absolute atomic E-state index is 0.360. The van der Waals surface area contributed by atoms with Crippen LogP contribution in [0.5, 0.6) is 5.75 Å². The Morgan fingerprint density at radius 3 is 2.52 bits per heavy atom. The molecule has 0 radical (unpaired) electrons. The second-order valence-corrected chi connectivity index (χ2v) is 8.43. The van der Waals surface area contributed by atoms with Gasteiger partial charge in [-0.1, -0.05) is 29.8 Å². The van der Waals surface area contributed by atoms with Gasteiger partial charge in [0.15, 0.2) is 5.75 Å². The van der Waals surface area contributed by atoms with Gasteiger partial charge in [0.2, 0.25) is 0 Å². The lowest BCUT2D eigenvalue weighted by atomic mass is 10.1. The third-order valence-electron chi connectivity index (χ3n) is 4.24. The number of rotatable bonds is 4. The van der Waals surface area contributed by atoms with E-state index in [4.69, 9.17) is 26.8 Å². The molecular weight excluding hydrogens is 390 g/mol. The van der Waals surface area contributed by atoms with Gasteiger partial charge in [-0.2, -0.15) is 0 Å². The summed E-state index contributed by atoms with van der Waals surface area (Å²) in [7, 11) is 0. The monoisotopic (exact) mass is 415 g/mol. The van der Waals surface area contributed by atoms with Crippen LogP contribution >= 0.6 is 11.6 Å². The Hall–Kier alpha value is -2.86. The molecule has 0 atom stereocenters. The lowest BCUT2D eigenvalue weighted by Gasteiger charge is -2.28. The highest BCUT2D eigenvalue weighted by Gasteiger charge is 2.23. The summed E-state index contributed by atoms with van der Waals surface area (Å²) in [6, 6.07) is 13.1.